The van der Waals surface area contributed by atoms with E-state index in [1.54, 1.807) is 6.07 Å². The zero-order valence-electron chi connectivity index (χ0n) is 12.6. The molecular weight excluding hydrogens is 377 g/mol. The lowest BCUT2D eigenvalue weighted by Gasteiger charge is -2.08. The maximum atomic E-state index is 13.7. The number of halogens is 5. The molecule has 0 saturated heterocycles. The van der Waals surface area contributed by atoms with Gasteiger partial charge in [0.05, 0.1) is 10.6 Å². The number of amidine groups is 1. The van der Waals surface area contributed by atoms with Gasteiger partial charge in [-0.1, -0.05) is 11.8 Å². The number of nitrogens with zero attached hydrogens (tertiary/aromatic N) is 2. The Morgan fingerprint density at radius 2 is 1.50 bits per heavy atom. The minimum absolute atomic E-state index is 0.190. The van der Waals surface area contributed by atoms with Crippen LogP contribution in [-0.4, -0.2) is 11.5 Å². The van der Waals surface area contributed by atoms with Gasteiger partial charge in [0.15, 0.2) is 29.1 Å². The van der Waals surface area contributed by atoms with E-state index in [1.165, 1.54) is 24.3 Å². The highest BCUT2D eigenvalue weighted by Crippen LogP contribution is 2.35. The van der Waals surface area contributed by atoms with Crippen LogP contribution in [-0.2, 0) is 0 Å². The van der Waals surface area contributed by atoms with Crippen LogP contribution in [0.4, 0.5) is 27.6 Å². The predicted octanol–water partition coefficient (Wildman–Crippen LogP) is 3.76. The van der Waals surface area contributed by atoms with E-state index in [2.05, 4.69) is 10.5 Å². The number of nitriles is 1. The summed E-state index contributed by atoms with van der Waals surface area (Å²) in [6.07, 6.45) is 0. The molecule has 0 atom stereocenters. The van der Waals surface area contributed by atoms with E-state index < -0.39 is 39.8 Å². The van der Waals surface area contributed by atoms with Crippen LogP contribution in [0, 0.1) is 45.8 Å². The fourth-order valence-corrected chi connectivity index (χ4v) is 2.52. The Morgan fingerprint density at radius 3 is 1.96 bits per heavy atom. The number of rotatable bonds is 5. The van der Waals surface area contributed by atoms with Gasteiger partial charge in [0.25, 0.3) is 0 Å². The van der Waals surface area contributed by atoms with Crippen LogP contribution in [0.25, 0.3) is 0 Å². The Bertz CT molecular complexity index is 908. The molecule has 0 saturated carbocycles. The molecule has 0 unspecified atom stereocenters. The number of hydrogen-bond donors (Lipinski definition) is 3. The highest BCUT2D eigenvalue weighted by molar-refractivity contribution is 7.99. The van der Waals surface area contributed by atoms with Gasteiger partial charge < -0.3 is 5.73 Å². The first kappa shape index (κ1) is 19.2. The van der Waals surface area contributed by atoms with Crippen molar-refractivity contribution in [1.29, 1.82) is 10.7 Å². The SMILES string of the molecule is N#C/C(=N\Nc1ccc(Sc2c(F)c(F)c(F)c(F)c2F)cc1)C(=N)N. The number of nitrogens with one attached hydrogen (secondary N) is 2. The second-order valence-electron chi connectivity index (χ2n) is 4.62. The van der Waals surface area contributed by atoms with Gasteiger partial charge in [-0.3, -0.25) is 10.8 Å². The van der Waals surface area contributed by atoms with Crippen LogP contribution in [0.1, 0.15) is 0 Å². The minimum atomic E-state index is -2.22. The quantitative estimate of drug-likeness (QED) is 0.182. The molecule has 2 aromatic rings. The van der Waals surface area contributed by atoms with Crippen molar-refractivity contribution < 1.29 is 22.0 Å². The molecule has 2 rings (SSSR count). The number of hydrogen-bond acceptors (Lipinski definition) is 5. The van der Waals surface area contributed by atoms with Gasteiger partial charge >= 0.3 is 0 Å². The van der Waals surface area contributed by atoms with Gasteiger partial charge in [0.2, 0.25) is 11.5 Å². The van der Waals surface area contributed by atoms with Gasteiger partial charge in [-0.25, -0.2) is 22.0 Å². The Hall–Kier alpha value is -3.13. The van der Waals surface area contributed by atoms with Crippen molar-refractivity contribution in [3.05, 3.63) is 53.4 Å². The highest BCUT2D eigenvalue weighted by Gasteiger charge is 2.26. The molecule has 4 N–H and O–H groups in total. The van der Waals surface area contributed by atoms with E-state index >= 15 is 0 Å². The molecule has 11 heteroatoms. The molecule has 0 aliphatic carbocycles. The Morgan fingerprint density at radius 1 is 1.00 bits per heavy atom. The molecule has 26 heavy (non-hydrogen) atoms. The first-order chi connectivity index (χ1) is 12.3. The maximum absolute atomic E-state index is 13.7. The van der Waals surface area contributed by atoms with E-state index in [1.807, 2.05) is 0 Å². The molecule has 5 nitrogen and oxygen atoms in total. The van der Waals surface area contributed by atoms with E-state index in [0.29, 0.717) is 17.4 Å². The largest absolute Gasteiger partial charge is 0.382 e. The standard InChI is InChI=1S/C15H8F5N5S/c16-9-10(17)12(19)14(13(20)11(9)18)26-7-3-1-6(2-4-7)24-25-8(5-21)15(22)23/h1-4,24H,(H3,22,23)/b25-8+. The van der Waals surface area contributed by atoms with Gasteiger partial charge in [-0.05, 0) is 24.3 Å². The lowest BCUT2D eigenvalue weighted by atomic mass is 10.3. The predicted molar refractivity (Wildman–Crippen MR) is 85.4 cm³/mol. The molecule has 0 aromatic heterocycles. The summed E-state index contributed by atoms with van der Waals surface area (Å²) in [4.78, 5) is -0.835. The lowest BCUT2D eigenvalue weighted by Crippen LogP contribution is -2.21. The van der Waals surface area contributed by atoms with E-state index in [0.717, 1.165) is 0 Å². The smallest absolute Gasteiger partial charge is 0.201 e. The summed E-state index contributed by atoms with van der Waals surface area (Å²) in [5.41, 5.74) is 7.52. The minimum Gasteiger partial charge on any atom is -0.382 e. The van der Waals surface area contributed by atoms with Gasteiger partial charge in [0, 0.05) is 4.90 Å². The second-order valence-corrected chi connectivity index (χ2v) is 5.71. The van der Waals surface area contributed by atoms with Crippen LogP contribution in [0.2, 0.25) is 0 Å². The summed E-state index contributed by atoms with van der Waals surface area (Å²) in [6.45, 7) is 0. The van der Waals surface area contributed by atoms with Gasteiger partial charge in [-0.2, -0.15) is 10.4 Å². The average molecular weight is 385 g/mol. The Labute approximate surface area is 147 Å². The first-order valence-corrected chi connectivity index (χ1v) is 7.45. The number of benzene rings is 2. The second kappa shape index (κ2) is 7.83. The summed E-state index contributed by atoms with van der Waals surface area (Å²) in [7, 11) is 0. The molecular formula is C15H8F5N5S. The molecule has 0 bridgehead atoms. The molecule has 134 valence electrons. The third-order valence-electron chi connectivity index (χ3n) is 2.90. The third kappa shape index (κ3) is 3.92. The van der Waals surface area contributed by atoms with Crippen LogP contribution in [0.5, 0.6) is 0 Å². The highest BCUT2D eigenvalue weighted by atomic mass is 32.2. The van der Waals surface area contributed by atoms with Crippen molar-refractivity contribution in [3.8, 4) is 6.07 Å². The topological polar surface area (TPSA) is 98.0 Å². The van der Waals surface area contributed by atoms with E-state index in [-0.39, 0.29) is 10.6 Å². The van der Waals surface area contributed by atoms with Crippen LogP contribution in [0.3, 0.4) is 0 Å². The Balaban J connectivity index is 2.24. The fourth-order valence-electron chi connectivity index (χ4n) is 1.66. The molecule has 0 radical (unpaired) electrons. The molecule has 0 aliphatic rings. The third-order valence-corrected chi connectivity index (χ3v) is 3.97. The summed E-state index contributed by atoms with van der Waals surface area (Å²) >= 11 is 0.354. The van der Waals surface area contributed by atoms with Crippen LogP contribution < -0.4 is 11.2 Å². The lowest BCUT2D eigenvalue weighted by molar-refractivity contribution is 0.361. The molecule has 0 amide bonds. The summed E-state index contributed by atoms with van der Waals surface area (Å²) < 4.78 is 66.7. The van der Waals surface area contributed by atoms with E-state index in [9.17, 15) is 22.0 Å². The molecule has 0 fully saturated rings. The van der Waals surface area contributed by atoms with Crippen molar-refractivity contribution in [1.82, 2.24) is 0 Å². The van der Waals surface area contributed by atoms with Crippen molar-refractivity contribution in [3.63, 3.8) is 0 Å². The normalized spacial score (nSPS) is 11.2. The van der Waals surface area contributed by atoms with E-state index in [4.69, 9.17) is 16.4 Å². The summed E-state index contributed by atoms with van der Waals surface area (Å²) in [6, 6.07) is 7.02. The molecule has 0 heterocycles. The van der Waals surface area contributed by atoms with Crippen LogP contribution >= 0.6 is 11.8 Å². The number of nitrogens with two attached hydrogens (primary N) is 1. The van der Waals surface area contributed by atoms with Crippen molar-refractivity contribution in [2.24, 2.45) is 10.8 Å². The fraction of sp³-hybridized carbons (Fsp3) is 0. The van der Waals surface area contributed by atoms with Crippen molar-refractivity contribution in [2.75, 3.05) is 5.43 Å². The summed E-state index contributed by atoms with van der Waals surface area (Å²) in [5.74, 6) is -10.6. The summed E-state index contributed by atoms with van der Waals surface area (Å²) in [5, 5.41) is 19.4. The zero-order chi connectivity index (χ0) is 19.4. The monoisotopic (exact) mass is 385 g/mol. The maximum Gasteiger partial charge on any atom is 0.201 e. The van der Waals surface area contributed by atoms with Gasteiger partial charge in [-0.15, -0.1) is 0 Å². The Kier molecular flexibility index (Phi) is 5.78. The van der Waals surface area contributed by atoms with Gasteiger partial charge in [0.1, 0.15) is 6.07 Å². The zero-order valence-corrected chi connectivity index (χ0v) is 13.4. The number of anilines is 1. The average Bonchev–Trinajstić information content (AvgIpc) is 2.63. The number of hydrazone groups is 1. The van der Waals surface area contributed by atoms with Crippen molar-refractivity contribution >= 4 is 29.0 Å². The molecule has 0 spiro atoms. The molecule has 2 aromatic carbocycles. The van der Waals surface area contributed by atoms with Crippen LogP contribution in [0.15, 0.2) is 39.2 Å². The first-order valence-electron chi connectivity index (χ1n) is 6.63. The molecule has 0 aliphatic heterocycles. The van der Waals surface area contributed by atoms with Crippen molar-refractivity contribution in [2.45, 2.75) is 9.79 Å².